The fourth-order valence-electron chi connectivity index (χ4n) is 3.79. The van der Waals surface area contributed by atoms with Crippen LogP contribution in [0.5, 0.6) is 0 Å². The minimum absolute atomic E-state index is 0.681. The number of methoxy groups -OCH3 is 1. The molecule has 0 atom stereocenters. The lowest BCUT2D eigenvalue weighted by Crippen LogP contribution is -2.21. The molecule has 1 aliphatic carbocycles. The van der Waals surface area contributed by atoms with Crippen molar-refractivity contribution < 1.29 is 14.4 Å². The van der Waals surface area contributed by atoms with Crippen LogP contribution in [0.3, 0.4) is 0 Å². The van der Waals surface area contributed by atoms with Gasteiger partial charge in [0.25, 0.3) is 0 Å². The van der Waals surface area contributed by atoms with E-state index in [1.807, 2.05) is 24.3 Å². The van der Waals surface area contributed by atoms with Crippen LogP contribution in [-0.4, -0.2) is 48.1 Å². The molecule has 0 unspecified atom stereocenters. The van der Waals surface area contributed by atoms with E-state index in [2.05, 4.69) is 34.2 Å². The molecule has 2 aromatic heterocycles. The average Bonchev–Trinajstić information content (AvgIpc) is 3.36. The van der Waals surface area contributed by atoms with Gasteiger partial charge >= 0.3 is 0 Å². The Hall–Kier alpha value is -2.96. The lowest BCUT2D eigenvalue weighted by atomic mass is 9.99. The van der Waals surface area contributed by atoms with E-state index >= 15 is 0 Å². The van der Waals surface area contributed by atoms with Crippen molar-refractivity contribution in [3.05, 3.63) is 65.7 Å². The first-order valence-corrected chi connectivity index (χ1v) is 9.74. The van der Waals surface area contributed by atoms with Crippen molar-refractivity contribution in [1.82, 2.24) is 9.88 Å². The van der Waals surface area contributed by atoms with E-state index in [1.165, 1.54) is 5.56 Å². The van der Waals surface area contributed by atoms with Gasteiger partial charge in [-0.15, -0.1) is 0 Å². The van der Waals surface area contributed by atoms with Gasteiger partial charge in [0, 0.05) is 42.7 Å². The highest BCUT2D eigenvalue weighted by Gasteiger charge is 2.21. The standard InChI is InChI=1S/C23H25N3O3/c1-26(11-12-28-2)15-19-14-21(16-7-9-24-10-8-16)23(29-19)18-3-5-20-17(13-18)4-6-22(20)25-27/h3,5,7-10,13-14,27H,4,6,11-12,15H2,1-2H3. The molecule has 150 valence electrons. The second kappa shape index (κ2) is 8.59. The summed E-state index contributed by atoms with van der Waals surface area (Å²) >= 11 is 0. The molecule has 6 heteroatoms. The molecule has 1 aromatic carbocycles. The first-order chi connectivity index (χ1) is 14.2. The summed E-state index contributed by atoms with van der Waals surface area (Å²) in [4.78, 5) is 6.31. The van der Waals surface area contributed by atoms with E-state index in [1.54, 1.807) is 19.5 Å². The van der Waals surface area contributed by atoms with E-state index in [9.17, 15) is 5.21 Å². The number of likely N-dealkylation sites (N-methyl/N-ethyl adjacent to an activating group) is 1. The third-order valence-electron chi connectivity index (χ3n) is 5.31. The van der Waals surface area contributed by atoms with Gasteiger partial charge < -0.3 is 14.4 Å². The van der Waals surface area contributed by atoms with Crippen LogP contribution < -0.4 is 0 Å². The highest BCUT2D eigenvalue weighted by Crippen LogP contribution is 2.37. The molecular weight excluding hydrogens is 366 g/mol. The number of oxime groups is 1. The van der Waals surface area contributed by atoms with Crippen LogP contribution in [0.15, 0.2) is 58.4 Å². The molecule has 0 radical (unpaired) electrons. The third kappa shape index (κ3) is 4.09. The molecule has 0 saturated carbocycles. The number of pyridine rings is 1. The second-order valence-electron chi connectivity index (χ2n) is 7.34. The fourth-order valence-corrected chi connectivity index (χ4v) is 3.79. The summed E-state index contributed by atoms with van der Waals surface area (Å²) in [5, 5.41) is 12.6. The summed E-state index contributed by atoms with van der Waals surface area (Å²) < 4.78 is 11.5. The SMILES string of the molecule is COCCN(C)Cc1cc(-c2ccncc2)c(-c2ccc3c(c2)CCC3=NO)o1. The largest absolute Gasteiger partial charge is 0.459 e. The first kappa shape index (κ1) is 19.4. The predicted octanol–water partition coefficient (Wildman–Crippen LogP) is 4.21. The van der Waals surface area contributed by atoms with Crippen molar-refractivity contribution >= 4 is 5.71 Å². The maximum atomic E-state index is 9.19. The maximum Gasteiger partial charge on any atom is 0.142 e. The summed E-state index contributed by atoms with van der Waals surface area (Å²) in [5.74, 6) is 1.76. The van der Waals surface area contributed by atoms with Crippen LogP contribution in [0.2, 0.25) is 0 Å². The number of rotatable bonds is 7. The Morgan fingerprint density at radius 2 is 1.93 bits per heavy atom. The molecule has 29 heavy (non-hydrogen) atoms. The molecule has 1 N–H and O–H groups in total. The Bertz CT molecular complexity index is 1010. The van der Waals surface area contributed by atoms with Gasteiger partial charge in [0.05, 0.1) is 18.9 Å². The van der Waals surface area contributed by atoms with Gasteiger partial charge in [0.1, 0.15) is 11.5 Å². The van der Waals surface area contributed by atoms with E-state index in [0.29, 0.717) is 13.2 Å². The van der Waals surface area contributed by atoms with Crippen molar-refractivity contribution in [2.75, 3.05) is 27.3 Å². The Balaban J connectivity index is 1.72. The molecule has 2 heterocycles. The zero-order chi connectivity index (χ0) is 20.2. The van der Waals surface area contributed by atoms with E-state index in [-0.39, 0.29) is 0 Å². The van der Waals surface area contributed by atoms with Crippen LogP contribution >= 0.6 is 0 Å². The molecule has 4 rings (SSSR count). The highest BCUT2D eigenvalue weighted by molar-refractivity contribution is 6.04. The summed E-state index contributed by atoms with van der Waals surface area (Å²) in [5.41, 5.74) is 6.11. The van der Waals surface area contributed by atoms with Crippen molar-refractivity contribution in [2.45, 2.75) is 19.4 Å². The zero-order valence-electron chi connectivity index (χ0n) is 16.8. The lowest BCUT2D eigenvalue weighted by Gasteiger charge is -2.13. The van der Waals surface area contributed by atoms with Crippen LogP contribution in [0, 0.1) is 0 Å². The van der Waals surface area contributed by atoms with Crippen molar-refractivity contribution in [1.29, 1.82) is 0 Å². The van der Waals surface area contributed by atoms with Gasteiger partial charge in [-0.05, 0) is 55.3 Å². The highest BCUT2D eigenvalue weighted by atomic mass is 16.5. The number of hydrogen-bond acceptors (Lipinski definition) is 6. The normalized spacial score (nSPS) is 14.7. The molecule has 0 fully saturated rings. The number of aromatic nitrogens is 1. The van der Waals surface area contributed by atoms with Crippen molar-refractivity contribution in [2.24, 2.45) is 5.16 Å². The van der Waals surface area contributed by atoms with E-state index in [0.717, 1.165) is 58.9 Å². The van der Waals surface area contributed by atoms with Gasteiger partial charge in [-0.25, -0.2) is 0 Å². The molecule has 0 amide bonds. The monoisotopic (exact) mass is 391 g/mol. The smallest absolute Gasteiger partial charge is 0.142 e. The first-order valence-electron chi connectivity index (χ1n) is 9.74. The lowest BCUT2D eigenvalue weighted by molar-refractivity contribution is 0.155. The van der Waals surface area contributed by atoms with Crippen molar-refractivity contribution in [3.63, 3.8) is 0 Å². The Morgan fingerprint density at radius 1 is 1.10 bits per heavy atom. The van der Waals surface area contributed by atoms with Gasteiger partial charge in [-0.1, -0.05) is 17.3 Å². The maximum absolute atomic E-state index is 9.19. The number of aryl methyl sites for hydroxylation is 1. The van der Waals surface area contributed by atoms with Crippen LogP contribution in [0.4, 0.5) is 0 Å². The zero-order valence-corrected chi connectivity index (χ0v) is 16.8. The summed E-state index contributed by atoms with van der Waals surface area (Å²) in [6.07, 6.45) is 5.23. The number of furan rings is 1. The van der Waals surface area contributed by atoms with Gasteiger partial charge in [-0.3, -0.25) is 9.88 Å². The number of nitrogens with zero attached hydrogens (tertiary/aromatic N) is 3. The van der Waals surface area contributed by atoms with E-state index < -0.39 is 0 Å². The average molecular weight is 391 g/mol. The number of hydrogen-bond donors (Lipinski definition) is 1. The number of ether oxygens (including phenoxy) is 1. The van der Waals surface area contributed by atoms with Crippen LogP contribution in [0.1, 0.15) is 23.3 Å². The predicted molar refractivity (Wildman–Crippen MR) is 112 cm³/mol. The number of benzene rings is 1. The molecule has 0 bridgehead atoms. The Labute approximate surface area is 170 Å². The molecule has 0 aliphatic heterocycles. The van der Waals surface area contributed by atoms with Gasteiger partial charge in [-0.2, -0.15) is 0 Å². The van der Waals surface area contributed by atoms with E-state index in [4.69, 9.17) is 9.15 Å². The van der Waals surface area contributed by atoms with Crippen LogP contribution in [0.25, 0.3) is 22.5 Å². The molecule has 0 spiro atoms. The molecule has 3 aromatic rings. The second-order valence-corrected chi connectivity index (χ2v) is 7.34. The minimum Gasteiger partial charge on any atom is -0.459 e. The molecule has 6 nitrogen and oxygen atoms in total. The summed E-state index contributed by atoms with van der Waals surface area (Å²) in [6.45, 7) is 2.22. The van der Waals surface area contributed by atoms with Gasteiger partial charge in [0.2, 0.25) is 0 Å². The summed E-state index contributed by atoms with van der Waals surface area (Å²) in [7, 11) is 3.76. The number of fused-ring (bicyclic) bond motifs is 1. The molecule has 1 aliphatic rings. The summed E-state index contributed by atoms with van der Waals surface area (Å²) in [6, 6.07) is 12.3. The topological polar surface area (TPSA) is 71.1 Å². The minimum atomic E-state index is 0.681. The molecular formula is C23H25N3O3. The van der Waals surface area contributed by atoms with Crippen LogP contribution in [-0.2, 0) is 17.7 Å². The Morgan fingerprint density at radius 3 is 2.69 bits per heavy atom. The third-order valence-corrected chi connectivity index (χ3v) is 5.31. The fraction of sp³-hybridized carbons (Fsp3) is 0.304. The quantitative estimate of drug-likeness (QED) is 0.482. The Kier molecular flexibility index (Phi) is 5.74. The van der Waals surface area contributed by atoms with Gasteiger partial charge in [0.15, 0.2) is 0 Å². The van der Waals surface area contributed by atoms with Crippen molar-refractivity contribution in [3.8, 4) is 22.5 Å². The molecule has 0 saturated heterocycles.